The molecule has 0 spiro atoms. The summed E-state index contributed by atoms with van der Waals surface area (Å²) in [5.41, 5.74) is 2.78. The highest BCUT2D eigenvalue weighted by Gasteiger charge is 2.26. The van der Waals surface area contributed by atoms with Crippen LogP contribution < -0.4 is 10.1 Å². The number of aryl methyl sites for hydroxylation is 2. The van der Waals surface area contributed by atoms with Gasteiger partial charge in [-0.25, -0.2) is 9.97 Å². The SMILES string of the molecule is Cc1cccc(Nc2cccc([C@H]3CN(C(=O)CCOc4ccccc4C)CCO3)n2)n1. The van der Waals surface area contributed by atoms with Crippen LogP contribution in [-0.4, -0.2) is 47.1 Å². The second-order valence-electron chi connectivity index (χ2n) is 7.80. The van der Waals surface area contributed by atoms with Gasteiger partial charge < -0.3 is 19.7 Å². The second kappa shape index (κ2) is 10.2. The normalized spacial score (nSPS) is 15.9. The molecule has 0 bridgehead atoms. The number of anilines is 2. The predicted octanol–water partition coefficient (Wildman–Crippen LogP) is 4.21. The number of para-hydroxylation sites is 1. The summed E-state index contributed by atoms with van der Waals surface area (Å²) < 4.78 is 11.7. The Labute approximate surface area is 188 Å². The Kier molecular flexibility index (Phi) is 6.97. The van der Waals surface area contributed by atoms with E-state index in [0.717, 1.165) is 28.5 Å². The number of carbonyl (C=O) groups excluding carboxylic acids is 1. The molecule has 3 heterocycles. The molecule has 1 atom stereocenters. The van der Waals surface area contributed by atoms with Crippen LogP contribution in [-0.2, 0) is 9.53 Å². The molecule has 2 aromatic heterocycles. The van der Waals surface area contributed by atoms with Gasteiger partial charge in [0.15, 0.2) is 0 Å². The van der Waals surface area contributed by atoms with Gasteiger partial charge >= 0.3 is 0 Å². The number of hydrogen-bond donors (Lipinski definition) is 1. The number of hydrogen-bond acceptors (Lipinski definition) is 6. The van der Waals surface area contributed by atoms with Gasteiger partial charge in [-0.2, -0.15) is 0 Å². The van der Waals surface area contributed by atoms with E-state index >= 15 is 0 Å². The van der Waals surface area contributed by atoms with E-state index in [-0.39, 0.29) is 12.0 Å². The van der Waals surface area contributed by atoms with Gasteiger partial charge in [-0.3, -0.25) is 4.79 Å². The molecule has 1 N–H and O–H groups in total. The van der Waals surface area contributed by atoms with Crippen molar-refractivity contribution in [1.29, 1.82) is 0 Å². The van der Waals surface area contributed by atoms with E-state index in [4.69, 9.17) is 9.47 Å². The first-order valence-corrected chi connectivity index (χ1v) is 10.8. The number of carbonyl (C=O) groups is 1. The molecule has 1 aliphatic heterocycles. The average Bonchev–Trinajstić information content (AvgIpc) is 2.80. The van der Waals surface area contributed by atoms with Gasteiger partial charge in [-0.05, 0) is 49.7 Å². The number of rotatable bonds is 7. The third-order valence-electron chi connectivity index (χ3n) is 5.33. The van der Waals surface area contributed by atoms with Crippen LogP contribution in [0.15, 0.2) is 60.7 Å². The van der Waals surface area contributed by atoms with Gasteiger partial charge in [0.25, 0.3) is 0 Å². The predicted molar refractivity (Wildman–Crippen MR) is 123 cm³/mol. The standard InChI is InChI=1S/C25H28N4O3/c1-18-7-3-4-10-21(18)31-15-13-25(30)29-14-16-32-22(17-29)20-9-6-12-24(27-20)28-23-11-5-8-19(2)26-23/h3-12,22H,13-17H2,1-2H3,(H,26,27,28)/t22-/m1/s1. The van der Waals surface area contributed by atoms with Crippen LogP contribution in [0.5, 0.6) is 5.75 Å². The Balaban J connectivity index is 1.34. The van der Waals surface area contributed by atoms with Crippen molar-refractivity contribution in [3.8, 4) is 5.75 Å². The molecule has 1 saturated heterocycles. The first-order chi connectivity index (χ1) is 15.6. The first-order valence-electron chi connectivity index (χ1n) is 10.8. The number of amides is 1. The first kappa shape index (κ1) is 21.8. The molecule has 1 amide bonds. The molecule has 1 fully saturated rings. The molecule has 0 radical (unpaired) electrons. The minimum Gasteiger partial charge on any atom is -0.493 e. The fourth-order valence-electron chi connectivity index (χ4n) is 3.62. The number of nitrogens with one attached hydrogen (secondary N) is 1. The Morgan fingerprint density at radius 3 is 2.66 bits per heavy atom. The minimum absolute atomic E-state index is 0.0603. The number of morpholine rings is 1. The molecule has 166 valence electrons. The molecular formula is C25H28N4O3. The fraction of sp³-hybridized carbons (Fsp3) is 0.320. The lowest BCUT2D eigenvalue weighted by Gasteiger charge is -2.33. The van der Waals surface area contributed by atoms with Crippen molar-refractivity contribution in [2.24, 2.45) is 0 Å². The summed E-state index contributed by atoms with van der Waals surface area (Å²) in [5, 5.41) is 3.23. The van der Waals surface area contributed by atoms with Crippen LogP contribution >= 0.6 is 0 Å². The summed E-state index contributed by atoms with van der Waals surface area (Å²) in [7, 11) is 0. The van der Waals surface area contributed by atoms with Gasteiger partial charge in [0, 0.05) is 12.2 Å². The summed E-state index contributed by atoms with van der Waals surface area (Å²) in [6.45, 7) is 5.82. The van der Waals surface area contributed by atoms with Crippen molar-refractivity contribution in [1.82, 2.24) is 14.9 Å². The number of nitrogens with zero attached hydrogens (tertiary/aromatic N) is 3. The highest BCUT2D eigenvalue weighted by atomic mass is 16.5. The van der Waals surface area contributed by atoms with Crippen LogP contribution in [0, 0.1) is 13.8 Å². The summed E-state index contributed by atoms with van der Waals surface area (Å²) in [6, 6.07) is 19.4. The molecule has 1 aliphatic rings. The monoisotopic (exact) mass is 432 g/mol. The number of pyridine rings is 2. The molecule has 7 heteroatoms. The summed E-state index contributed by atoms with van der Waals surface area (Å²) in [5.74, 6) is 2.31. The van der Waals surface area contributed by atoms with E-state index in [1.807, 2.05) is 79.4 Å². The van der Waals surface area contributed by atoms with E-state index in [2.05, 4.69) is 15.3 Å². The summed E-state index contributed by atoms with van der Waals surface area (Å²) in [6.07, 6.45) is 0.0620. The highest BCUT2D eigenvalue weighted by Crippen LogP contribution is 2.23. The largest absolute Gasteiger partial charge is 0.493 e. The van der Waals surface area contributed by atoms with E-state index < -0.39 is 0 Å². The number of ether oxygens (including phenoxy) is 2. The molecular weight excluding hydrogens is 404 g/mol. The molecule has 1 aromatic carbocycles. The van der Waals surface area contributed by atoms with Crippen LogP contribution in [0.3, 0.4) is 0 Å². The zero-order valence-electron chi connectivity index (χ0n) is 18.5. The van der Waals surface area contributed by atoms with Crippen molar-refractivity contribution < 1.29 is 14.3 Å². The lowest BCUT2D eigenvalue weighted by atomic mass is 10.1. The highest BCUT2D eigenvalue weighted by molar-refractivity contribution is 5.76. The van der Waals surface area contributed by atoms with Crippen molar-refractivity contribution in [3.05, 3.63) is 77.6 Å². The lowest BCUT2D eigenvalue weighted by Crippen LogP contribution is -2.42. The van der Waals surface area contributed by atoms with E-state index in [0.29, 0.717) is 38.5 Å². The zero-order valence-corrected chi connectivity index (χ0v) is 18.5. The maximum Gasteiger partial charge on any atom is 0.226 e. The third kappa shape index (κ3) is 5.62. The van der Waals surface area contributed by atoms with Crippen molar-refractivity contribution in [2.45, 2.75) is 26.4 Å². The molecule has 0 saturated carbocycles. The van der Waals surface area contributed by atoms with Gasteiger partial charge in [0.2, 0.25) is 5.91 Å². The maximum absolute atomic E-state index is 12.7. The van der Waals surface area contributed by atoms with Crippen molar-refractivity contribution >= 4 is 17.5 Å². The maximum atomic E-state index is 12.7. The molecule has 4 rings (SSSR count). The molecule has 0 unspecified atom stereocenters. The van der Waals surface area contributed by atoms with Gasteiger partial charge in [0.05, 0.1) is 31.9 Å². The van der Waals surface area contributed by atoms with Crippen molar-refractivity contribution in [3.63, 3.8) is 0 Å². The van der Waals surface area contributed by atoms with Crippen molar-refractivity contribution in [2.75, 3.05) is 31.6 Å². The van der Waals surface area contributed by atoms with E-state index in [1.165, 1.54) is 0 Å². The van der Waals surface area contributed by atoms with Crippen LogP contribution in [0.4, 0.5) is 11.6 Å². The Hall–Kier alpha value is -3.45. The number of aromatic nitrogens is 2. The summed E-state index contributed by atoms with van der Waals surface area (Å²) in [4.78, 5) is 23.7. The number of benzene rings is 1. The molecule has 7 nitrogen and oxygen atoms in total. The van der Waals surface area contributed by atoms with Crippen LogP contribution in [0.1, 0.15) is 29.5 Å². The second-order valence-corrected chi connectivity index (χ2v) is 7.80. The third-order valence-corrected chi connectivity index (χ3v) is 5.33. The van der Waals surface area contributed by atoms with Crippen LogP contribution in [0.25, 0.3) is 0 Å². The van der Waals surface area contributed by atoms with Gasteiger partial charge in [0.1, 0.15) is 23.5 Å². The Morgan fingerprint density at radius 1 is 1.06 bits per heavy atom. The quantitative estimate of drug-likeness (QED) is 0.603. The molecule has 0 aliphatic carbocycles. The molecule has 32 heavy (non-hydrogen) atoms. The van der Waals surface area contributed by atoms with E-state index in [1.54, 1.807) is 0 Å². The minimum atomic E-state index is -0.266. The topological polar surface area (TPSA) is 76.6 Å². The lowest BCUT2D eigenvalue weighted by molar-refractivity contribution is -0.139. The van der Waals surface area contributed by atoms with Gasteiger partial charge in [-0.15, -0.1) is 0 Å². The summed E-state index contributed by atoms with van der Waals surface area (Å²) >= 11 is 0. The average molecular weight is 433 g/mol. The van der Waals surface area contributed by atoms with E-state index in [9.17, 15) is 4.79 Å². The Morgan fingerprint density at radius 2 is 1.84 bits per heavy atom. The van der Waals surface area contributed by atoms with Gasteiger partial charge in [-0.1, -0.05) is 30.3 Å². The zero-order chi connectivity index (χ0) is 22.3. The smallest absolute Gasteiger partial charge is 0.226 e. The van der Waals surface area contributed by atoms with Crippen LogP contribution in [0.2, 0.25) is 0 Å². The fourth-order valence-corrected chi connectivity index (χ4v) is 3.62. The Bertz CT molecular complexity index is 1070. The molecule has 3 aromatic rings.